The monoisotopic (exact) mass is 386 g/mol. The molecule has 0 saturated heterocycles. The van der Waals surface area contributed by atoms with E-state index < -0.39 is 0 Å². The lowest BCUT2D eigenvalue weighted by Crippen LogP contribution is -2.14. The van der Waals surface area contributed by atoms with Gasteiger partial charge < -0.3 is 0 Å². The van der Waals surface area contributed by atoms with Crippen molar-refractivity contribution in [2.75, 3.05) is 5.32 Å². The molecule has 1 amide bonds. The van der Waals surface area contributed by atoms with Crippen molar-refractivity contribution in [3.63, 3.8) is 0 Å². The minimum Gasteiger partial charge on any atom is -0.296 e. The SMILES string of the molecule is O=C(Nc1nnc(-c2ccccn2)s1)c1ccccc1CCc1ccccc1. The Balaban J connectivity index is 1.47. The number of nitrogens with zero attached hydrogens (tertiary/aromatic N) is 3. The first-order chi connectivity index (χ1) is 13.8. The van der Waals surface area contributed by atoms with Crippen LogP contribution in [0.4, 0.5) is 5.13 Å². The van der Waals surface area contributed by atoms with Gasteiger partial charge >= 0.3 is 0 Å². The molecule has 0 aliphatic heterocycles. The molecule has 2 heterocycles. The summed E-state index contributed by atoms with van der Waals surface area (Å²) >= 11 is 1.31. The molecule has 0 saturated carbocycles. The van der Waals surface area contributed by atoms with Gasteiger partial charge in [0.2, 0.25) is 5.13 Å². The number of aryl methyl sites for hydroxylation is 2. The van der Waals surface area contributed by atoms with E-state index in [0.29, 0.717) is 15.7 Å². The average Bonchev–Trinajstić information content (AvgIpc) is 3.22. The summed E-state index contributed by atoms with van der Waals surface area (Å²) in [6.07, 6.45) is 3.38. The maximum atomic E-state index is 12.8. The van der Waals surface area contributed by atoms with Crippen LogP contribution in [0.2, 0.25) is 0 Å². The van der Waals surface area contributed by atoms with Crippen LogP contribution >= 0.6 is 11.3 Å². The van der Waals surface area contributed by atoms with Gasteiger partial charge in [-0.3, -0.25) is 15.1 Å². The van der Waals surface area contributed by atoms with Gasteiger partial charge in [0, 0.05) is 11.8 Å². The molecular formula is C22H18N4OS. The number of aromatic nitrogens is 3. The second-order valence-electron chi connectivity index (χ2n) is 6.22. The highest BCUT2D eigenvalue weighted by molar-refractivity contribution is 7.18. The summed E-state index contributed by atoms with van der Waals surface area (Å²) in [6, 6.07) is 23.5. The minimum absolute atomic E-state index is 0.174. The van der Waals surface area contributed by atoms with Gasteiger partial charge in [0.1, 0.15) is 5.69 Å². The van der Waals surface area contributed by atoms with Gasteiger partial charge in [0.15, 0.2) is 5.01 Å². The van der Waals surface area contributed by atoms with Crippen molar-refractivity contribution < 1.29 is 4.79 Å². The third-order valence-corrected chi connectivity index (χ3v) is 5.18. The second-order valence-corrected chi connectivity index (χ2v) is 7.20. The number of benzene rings is 2. The lowest BCUT2D eigenvalue weighted by atomic mass is 9.99. The zero-order valence-electron chi connectivity index (χ0n) is 15.1. The van der Waals surface area contributed by atoms with Crippen LogP contribution in [0.15, 0.2) is 79.0 Å². The van der Waals surface area contributed by atoms with Crippen molar-refractivity contribution in [1.29, 1.82) is 0 Å². The van der Waals surface area contributed by atoms with E-state index >= 15 is 0 Å². The molecule has 0 spiro atoms. The van der Waals surface area contributed by atoms with E-state index in [0.717, 1.165) is 24.1 Å². The van der Waals surface area contributed by atoms with Gasteiger partial charge in [-0.15, -0.1) is 10.2 Å². The van der Waals surface area contributed by atoms with E-state index in [1.807, 2.05) is 60.7 Å². The van der Waals surface area contributed by atoms with E-state index in [4.69, 9.17) is 0 Å². The van der Waals surface area contributed by atoms with Crippen LogP contribution in [-0.4, -0.2) is 21.1 Å². The number of carbonyl (C=O) groups is 1. The number of amides is 1. The summed E-state index contributed by atoms with van der Waals surface area (Å²) in [5.74, 6) is -0.174. The topological polar surface area (TPSA) is 67.8 Å². The number of anilines is 1. The molecule has 0 unspecified atom stereocenters. The molecule has 0 aliphatic carbocycles. The van der Waals surface area contributed by atoms with E-state index in [-0.39, 0.29) is 5.91 Å². The normalized spacial score (nSPS) is 10.6. The first-order valence-corrected chi connectivity index (χ1v) is 9.79. The van der Waals surface area contributed by atoms with Gasteiger partial charge in [-0.1, -0.05) is 65.9 Å². The minimum atomic E-state index is -0.174. The third kappa shape index (κ3) is 4.29. The van der Waals surface area contributed by atoms with Crippen molar-refractivity contribution >= 4 is 22.4 Å². The Morgan fingerprint density at radius 3 is 2.46 bits per heavy atom. The molecule has 0 fully saturated rings. The van der Waals surface area contributed by atoms with Crippen molar-refractivity contribution in [3.8, 4) is 10.7 Å². The Morgan fingerprint density at radius 1 is 0.857 bits per heavy atom. The molecule has 6 heteroatoms. The van der Waals surface area contributed by atoms with E-state index in [2.05, 4.69) is 32.6 Å². The highest BCUT2D eigenvalue weighted by Crippen LogP contribution is 2.25. The number of pyridine rings is 1. The van der Waals surface area contributed by atoms with Gasteiger partial charge in [0.05, 0.1) is 0 Å². The Bertz CT molecular complexity index is 1060. The molecule has 2 aromatic heterocycles. The fourth-order valence-electron chi connectivity index (χ4n) is 2.91. The first kappa shape index (κ1) is 18.0. The van der Waals surface area contributed by atoms with Crippen molar-refractivity contribution in [2.24, 2.45) is 0 Å². The molecule has 4 rings (SSSR count). The summed E-state index contributed by atoms with van der Waals surface area (Å²) < 4.78 is 0. The molecule has 0 bridgehead atoms. The summed E-state index contributed by atoms with van der Waals surface area (Å²) in [4.78, 5) is 17.1. The third-order valence-electron chi connectivity index (χ3n) is 4.32. The van der Waals surface area contributed by atoms with Crippen LogP contribution < -0.4 is 5.32 Å². The number of hydrogen-bond donors (Lipinski definition) is 1. The van der Waals surface area contributed by atoms with Crippen molar-refractivity contribution in [1.82, 2.24) is 15.2 Å². The van der Waals surface area contributed by atoms with Gasteiger partial charge in [-0.2, -0.15) is 0 Å². The average molecular weight is 386 g/mol. The molecule has 5 nitrogen and oxygen atoms in total. The van der Waals surface area contributed by atoms with Crippen LogP contribution in [0.5, 0.6) is 0 Å². The zero-order valence-corrected chi connectivity index (χ0v) is 15.9. The Kier molecular flexibility index (Phi) is 5.49. The predicted molar refractivity (Wildman–Crippen MR) is 111 cm³/mol. The maximum absolute atomic E-state index is 12.8. The quantitative estimate of drug-likeness (QED) is 0.524. The molecule has 2 aromatic carbocycles. The number of hydrogen-bond acceptors (Lipinski definition) is 5. The molecule has 1 N–H and O–H groups in total. The highest BCUT2D eigenvalue weighted by Gasteiger charge is 2.14. The molecular weight excluding hydrogens is 368 g/mol. The number of nitrogens with one attached hydrogen (secondary N) is 1. The van der Waals surface area contributed by atoms with E-state index in [1.165, 1.54) is 16.9 Å². The van der Waals surface area contributed by atoms with Crippen LogP contribution in [-0.2, 0) is 12.8 Å². The van der Waals surface area contributed by atoms with Crippen LogP contribution in [0.1, 0.15) is 21.5 Å². The molecule has 0 aliphatic rings. The number of carbonyl (C=O) groups excluding carboxylic acids is 1. The summed E-state index contributed by atoms with van der Waals surface area (Å²) in [5.41, 5.74) is 3.66. The molecule has 4 aromatic rings. The van der Waals surface area contributed by atoms with Gasteiger partial charge in [0.25, 0.3) is 5.91 Å². The molecule has 138 valence electrons. The largest absolute Gasteiger partial charge is 0.296 e. The van der Waals surface area contributed by atoms with Gasteiger partial charge in [-0.25, -0.2) is 0 Å². The van der Waals surface area contributed by atoms with Crippen molar-refractivity contribution in [2.45, 2.75) is 12.8 Å². The summed E-state index contributed by atoms with van der Waals surface area (Å²) in [7, 11) is 0. The Labute approximate surface area is 167 Å². The van der Waals surface area contributed by atoms with Crippen molar-refractivity contribution in [3.05, 3.63) is 95.7 Å². The predicted octanol–water partition coefficient (Wildman–Crippen LogP) is 4.64. The molecule has 0 radical (unpaired) electrons. The highest BCUT2D eigenvalue weighted by atomic mass is 32.1. The molecule has 0 atom stereocenters. The smallest absolute Gasteiger partial charge is 0.257 e. The lowest BCUT2D eigenvalue weighted by molar-refractivity contribution is 0.102. The van der Waals surface area contributed by atoms with Crippen LogP contribution in [0, 0.1) is 0 Å². The lowest BCUT2D eigenvalue weighted by Gasteiger charge is -2.09. The zero-order chi connectivity index (χ0) is 19.2. The second kappa shape index (κ2) is 8.54. The number of rotatable bonds is 6. The Hall–Kier alpha value is -3.38. The van der Waals surface area contributed by atoms with Crippen LogP contribution in [0.3, 0.4) is 0 Å². The fourth-order valence-corrected chi connectivity index (χ4v) is 3.63. The van der Waals surface area contributed by atoms with Gasteiger partial charge in [-0.05, 0) is 42.2 Å². The summed E-state index contributed by atoms with van der Waals surface area (Å²) in [5, 5.41) is 12.2. The van der Waals surface area contributed by atoms with Crippen LogP contribution in [0.25, 0.3) is 10.7 Å². The Morgan fingerprint density at radius 2 is 1.64 bits per heavy atom. The van der Waals surface area contributed by atoms with E-state index in [1.54, 1.807) is 6.20 Å². The first-order valence-electron chi connectivity index (χ1n) is 8.98. The fraction of sp³-hybridized carbons (Fsp3) is 0.0909. The standard InChI is InChI=1S/C22H18N4OS/c27-20(24-22-26-25-21(28-22)19-12-6-7-15-23-19)18-11-5-4-10-17(18)14-13-16-8-2-1-3-9-16/h1-12,15H,13-14H2,(H,24,26,27). The summed E-state index contributed by atoms with van der Waals surface area (Å²) in [6.45, 7) is 0. The molecule has 28 heavy (non-hydrogen) atoms. The van der Waals surface area contributed by atoms with E-state index in [9.17, 15) is 4.79 Å². The maximum Gasteiger partial charge on any atom is 0.257 e.